The van der Waals surface area contributed by atoms with E-state index in [2.05, 4.69) is 26.1 Å². The Kier molecular flexibility index (Phi) is 3.94. The van der Waals surface area contributed by atoms with Crippen LogP contribution in [0.3, 0.4) is 0 Å². The summed E-state index contributed by atoms with van der Waals surface area (Å²) in [6.45, 7) is 1.86. The standard InChI is InChI=1S/C14H13BrN2O2S/c1-8(12(18)9-4-6-11(15)7-5-9)20-14-17-16-13(19-14)10-2-3-10/h4-8,10H,2-3H2,1H3/t8-/m1/s1. The van der Waals surface area contributed by atoms with Crippen molar-refractivity contribution < 1.29 is 9.21 Å². The summed E-state index contributed by atoms with van der Waals surface area (Å²) in [7, 11) is 0. The summed E-state index contributed by atoms with van der Waals surface area (Å²) < 4.78 is 6.52. The minimum atomic E-state index is -0.247. The van der Waals surface area contributed by atoms with E-state index in [4.69, 9.17) is 4.42 Å². The predicted octanol–water partition coefficient (Wildman–Crippen LogP) is 4.07. The smallest absolute Gasteiger partial charge is 0.277 e. The summed E-state index contributed by atoms with van der Waals surface area (Å²) in [6.07, 6.45) is 2.25. The minimum absolute atomic E-state index is 0.0636. The Hall–Kier alpha value is -1.14. The topological polar surface area (TPSA) is 56.0 Å². The van der Waals surface area contributed by atoms with E-state index in [9.17, 15) is 4.79 Å². The molecule has 1 heterocycles. The summed E-state index contributed by atoms with van der Waals surface area (Å²) in [5.41, 5.74) is 0.690. The quantitative estimate of drug-likeness (QED) is 0.599. The number of aromatic nitrogens is 2. The van der Waals surface area contributed by atoms with E-state index in [0.29, 0.717) is 22.6 Å². The third kappa shape index (κ3) is 3.12. The van der Waals surface area contributed by atoms with Crippen molar-refractivity contribution in [3.05, 3.63) is 40.2 Å². The molecule has 2 aromatic rings. The SMILES string of the molecule is C[C@@H](Sc1nnc(C2CC2)o1)C(=O)c1ccc(Br)cc1. The molecule has 0 amide bonds. The van der Waals surface area contributed by atoms with Gasteiger partial charge in [-0.05, 0) is 31.9 Å². The molecular weight excluding hydrogens is 340 g/mol. The maximum atomic E-state index is 12.3. The van der Waals surface area contributed by atoms with Crippen molar-refractivity contribution in [1.82, 2.24) is 10.2 Å². The molecule has 0 unspecified atom stereocenters. The van der Waals surface area contributed by atoms with E-state index in [-0.39, 0.29) is 11.0 Å². The number of thioether (sulfide) groups is 1. The summed E-state index contributed by atoms with van der Waals surface area (Å²) in [6, 6.07) is 7.35. The highest BCUT2D eigenvalue weighted by molar-refractivity contribution is 9.10. The summed E-state index contributed by atoms with van der Waals surface area (Å²) >= 11 is 4.67. The van der Waals surface area contributed by atoms with Gasteiger partial charge in [-0.3, -0.25) is 4.79 Å². The Morgan fingerprint density at radius 3 is 2.70 bits per heavy atom. The molecule has 1 aliphatic rings. The number of ketones is 1. The Labute approximate surface area is 129 Å². The molecule has 1 aliphatic carbocycles. The van der Waals surface area contributed by atoms with Crippen LogP contribution in [0.2, 0.25) is 0 Å². The third-order valence-corrected chi connectivity index (χ3v) is 4.59. The van der Waals surface area contributed by atoms with Gasteiger partial charge in [-0.15, -0.1) is 10.2 Å². The molecule has 1 aromatic heterocycles. The first kappa shape index (κ1) is 13.8. The van der Waals surface area contributed by atoms with Crippen molar-refractivity contribution in [2.45, 2.75) is 36.2 Å². The van der Waals surface area contributed by atoms with Crippen LogP contribution in [-0.4, -0.2) is 21.2 Å². The molecule has 3 rings (SSSR count). The Bertz CT molecular complexity index is 622. The molecule has 20 heavy (non-hydrogen) atoms. The van der Waals surface area contributed by atoms with Crippen molar-refractivity contribution in [2.24, 2.45) is 0 Å². The molecule has 4 nitrogen and oxygen atoms in total. The first-order chi connectivity index (χ1) is 9.63. The lowest BCUT2D eigenvalue weighted by atomic mass is 10.1. The maximum Gasteiger partial charge on any atom is 0.277 e. The van der Waals surface area contributed by atoms with Gasteiger partial charge in [0.05, 0.1) is 5.25 Å². The highest BCUT2D eigenvalue weighted by Crippen LogP contribution is 2.40. The molecule has 0 N–H and O–H groups in total. The van der Waals surface area contributed by atoms with Crippen LogP contribution in [0.1, 0.15) is 41.9 Å². The molecular formula is C14H13BrN2O2S. The molecule has 1 fully saturated rings. The molecule has 0 radical (unpaired) electrons. The van der Waals surface area contributed by atoms with Crippen LogP contribution in [-0.2, 0) is 0 Å². The molecule has 104 valence electrons. The van der Waals surface area contributed by atoms with Crippen molar-refractivity contribution in [2.75, 3.05) is 0 Å². The van der Waals surface area contributed by atoms with Gasteiger partial charge in [0.1, 0.15) is 0 Å². The van der Waals surface area contributed by atoms with Crippen LogP contribution in [0.25, 0.3) is 0 Å². The van der Waals surface area contributed by atoms with Crippen LogP contribution in [0, 0.1) is 0 Å². The van der Waals surface area contributed by atoms with Crippen molar-refractivity contribution in [1.29, 1.82) is 0 Å². The first-order valence-corrected chi connectivity index (χ1v) is 8.10. The Morgan fingerprint density at radius 2 is 2.05 bits per heavy atom. The summed E-state index contributed by atoms with van der Waals surface area (Å²) in [4.78, 5) is 12.3. The summed E-state index contributed by atoms with van der Waals surface area (Å²) in [5, 5.41) is 8.24. The van der Waals surface area contributed by atoms with Gasteiger partial charge >= 0.3 is 0 Å². The zero-order valence-corrected chi connectivity index (χ0v) is 13.3. The molecule has 6 heteroatoms. The third-order valence-electron chi connectivity index (χ3n) is 3.12. The fourth-order valence-corrected chi connectivity index (χ4v) is 2.85. The number of nitrogens with zero attached hydrogens (tertiary/aromatic N) is 2. The van der Waals surface area contributed by atoms with E-state index in [1.165, 1.54) is 11.8 Å². The van der Waals surface area contributed by atoms with Crippen LogP contribution < -0.4 is 0 Å². The molecule has 0 bridgehead atoms. The number of carbonyl (C=O) groups excluding carboxylic acids is 1. The van der Waals surface area contributed by atoms with Crippen molar-refractivity contribution in [3.63, 3.8) is 0 Å². The van der Waals surface area contributed by atoms with Crippen LogP contribution in [0.4, 0.5) is 0 Å². The highest BCUT2D eigenvalue weighted by Gasteiger charge is 2.30. The van der Waals surface area contributed by atoms with E-state index in [1.807, 2.05) is 31.2 Å². The second kappa shape index (κ2) is 5.69. The zero-order chi connectivity index (χ0) is 14.1. The number of Topliss-reactive ketones (excluding diaryl/α,β-unsaturated/α-hetero) is 1. The summed E-state index contributed by atoms with van der Waals surface area (Å²) in [5.74, 6) is 1.21. The molecule has 0 saturated heterocycles. The van der Waals surface area contributed by atoms with Gasteiger partial charge in [-0.25, -0.2) is 0 Å². The highest BCUT2D eigenvalue weighted by atomic mass is 79.9. The van der Waals surface area contributed by atoms with Crippen LogP contribution in [0.5, 0.6) is 0 Å². The number of hydrogen-bond donors (Lipinski definition) is 0. The predicted molar refractivity (Wildman–Crippen MR) is 80.1 cm³/mol. The number of benzene rings is 1. The zero-order valence-electron chi connectivity index (χ0n) is 10.9. The second-order valence-electron chi connectivity index (χ2n) is 4.81. The number of hydrogen-bond acceptors (Lipinski definition) is 5. The largest absolute Gasteiger partial charge is 0.416 e. The van der Waals surface area contributed by atoms with Gasteiger partial charge in [-0.2, -0.15) is 0 Å². The maximum absolute atomic E-state index is 12.3. The van der Waals surface area contributed by atoms with E-state index in [0.717, 1.165) is 17.3 Å². The van der Waals surface area contributed by atoms with Gasteiger partial charge in [-0.1, -0.05) is 39.8 Å². The number of halogens is 1. The lowest BCUT2D eigenvalue weighted by Gasteiger charge is -2.07. The normalized spacial score (nSPS) is 16.1. The van der Waals surface area contributed by atoms with Gasteiger partial charge in [0.25, 0.3) is 5.22 Å². The monoisotopic (exact) mass is 352 g/mol. The average molecular weight is 353 g/mol. The Morgan fingerprint density at radius 1 is 1.35 bits per heavy atom. The van der Waals surface area contributed by atoms with E-state index < -0.39 is 0 Å². The fourth-order valence-electron chi connectivity index (χ4n) is 1.82. The van der Waals surface area contributed by atoms with Gasteiger partial charge in [0.2, 0.25) is 5.89 Å². The van der Waals surface area contributed by atoms with Crippen molar-refractivity contribution in [3.8, 4) is 0 Å². The van der Waals surface area contributed by atoms with Crippen molar-refractivity contribution >= 4 is 33.5 Å². The fraction of sp³-hybridized carbons (Fsp3) is 0.357. The van der Waals surface area contributed by atoms with Gasteiger partial charge in [0.15, 0.2) is 5.78 Å². The van der Waals surface area contributed by atoms with E-state index in [1.54, 1.807) is 0 Å². The van der Waals surface area contributed by atoms with Crippen LogP contribution in [0.15, 0.2) is 38.4 Å². The molecule has 1 atom stereocenters. The first-order valence-electron chi connectivity index (χ1n) is 6.43. The molecule has 0 aliphatic heterocycles. The second-order valence-corrected chi connectivity index (χ2v) is 7.02. The average Bonchev–Trinajstić information content (AvgIpc) is 3.20. The minimum Gasteiger partial charge on any atom is -0.416 e. The lowest BCUT2D eigenvalue weighted by molar-refractivity contribution is 0.0993. The van der Waals surface area contributed by atoms with E-state index >= 15 is 0 Å². The number of carbonyl (C=O) groups is 1. The van der Waals surface area contributed by atoms with Gasteiger partial charge < -0.3 is 4.42 Å². The number of rotatable bonds is 5. The van der Waals surface area contributed by atoms with Crippen LogP contribution >= 0.6 is 27.7 Å². The molecule has 1 saturated carbocycles. The van der Waals surface area contributed by atoms with Gasteiger partial charge in [0, 0.05) is 16.0 Å². The molecule has 0 spiro atoms. The Balaban J connectivity index is 1.66. The molecule has 1 aromatic carbocycles. The lowest BCUT2D eigenvalue weighted by Crippen LogP contribution is -2.13.